The van der Waals surface area contributed by atoms with Crippen LogP contribution in [-0.2, 0) is 9.36 Å². The SMILES string of the molecule is CN1CCN(c2cc(C(=O)N[C@@H](CP(=O)(O)O)C(=O)N3CCN(C(=O)O)CC3)nc(-c3ccccc3)n2)CC1. The number of carbonyl (C=O) groups excluding carboxylic acids is 2. The third-order valence-corrected chi connectivity index (χ3v) is 7.53. The number of benzene rings is 1. The van der Waals surface area contributed by atoms with E-state index in [9.17, 15) is 28.7 Å². The Balaban J connectivity index is 1.60. The van der Waals surface area contributed by atoms with E-state index in [4.69, 9.17) is 5.11 Å². The minimum Gasteiger partial charge on any atom is -0.465 e. The number of carbonyl (C=O) groups is 3. The van der Waals surface area contributed by atoms with Crippen LogP contribution in [0.4, 0.5) is 10.6 Å². The zero-order chi connectivity index (χ0) is 28.2. The van der Waals surface area contributed by atoms with E-state index in [1.165, 1.54) is 11.0 Å². The summed E-state index contributed by atoms with van der Waals surface area (Å²) in [7, 11) is -2.69. The van der Waals surface area contributed by atoms with Crippen molar-refractivity contribution in [1.82, 2.24) is 30.0 Å². The Morgan fingerprint density at radius 1 is 0.949 bits per heavy atom. The fourth-order valence-electron chi connectivity index (χ4n) is 4.46. The Morgan fingerprint density at radius 3 is 2.15 bits per heavy atom. The maximum Gasteiger partial charge on any atom is 0.407 e. The summed E-state index contributed by atoms with van der Waals surface area (Å²) < 4.78 is 11.9. The molecule has 1 aromatic carbocycles. The van der Waals surface area contributed by atoms with Crippen molar-refractivity contribution in [2.75, 3.05) is 70.5 Å². The van der Waals surface area contributed by atoms with Crippen LogP contribution in [0.5, 0.6) is 0 Å². The molecule has 1 aromatic heterocycles. The molecule has 1 atom stereocenters. The number of hydrogen-bond acceptors (Lipinski definition) is 8. The van der Waals surface area contributed by atoms with E-state index in [0.29, 0.717) is 30.3 Å². The summed E-state index contributed by atoms with van der Waals surface area (Å²) in [6.45, 7) is 3.17. The van der Waals surface area contributed by atoms with Crippen LogP contribution in [0.15, 0.2) is 36.4 Å². The molecule has 2 aromatic rings. The van der Waals surface area contributed by atoms with Gasteiger partial charge in [-0.1, -0.05) is 30.3 Å². The lowest BCUT2D eigenvalue weighted by molar-refractivity contribution is -0.134. The molecule has 2 aliphatic rings. The molecule has 14 nitrogen and oxygen atoms in total. The Morgan fingerprint density at radius 2 is 1.56 bits per heavy atom. The molecule has 2 aliphatic heterocycles. The van der Waals surface area contributed by atoms with Gasteiger partial charge in [0.15, 0.2) is 5.82 Å². The van der Waals surface area contributed by atoms with Gasteiger partial charge in [-0.25, -0.2) is 14.8 Å². The summed E-state index contributed by atoms with van der Waals surface area (Å²) in [5.74, 6) is -0.640. The summed E-state index contributed by atoms with van der Waals surface area (Å²) in [4.78, 5) is 72.8. The zero-order valence-corrected chi connectivity index (χ0v) is 22.4. The van der Waals surface area contributed by atoms with E-state index in [-0.39, 0.29) is 31.9 Å². The van der Waals surface area contributed by atoms with Gasteiger partial charge in [-0.3, -0.25) is 14.2 Å². The van der Waals surface area contributed by atoms with E-state index in [1.54, 1.807) is 0 Å². The molecule has 0 saturated carbocycles. The number of piperazine rings is 2. The highest BCUT2D eigenvalue weighted by atomic mass is 31.2. The number of rotatable bonds is 7. The van der Waals surface area contributed by atoms with Gasteiger partial charge < -0.3 is 39.8 Å². The molecule has 0 bridgehead atoms. The van der Waals surface area contributed by atoms with Gasteiger partial charge in [0.1, 0.15) is 17.6 Å². The van der Waals surface area contributed by atoms with Gasteiger partial charge in [0, 0.05) is 64.0 Å². The first-order valence-electron chi connectivity index (χ1n) is 12.5. The number of carboxylic acid groups (broad SMARTS) is 1. The van der Waals surface area contributed by atoms with Crippen molar-refractivity contribution in [3.8, 4) is 11.4 Å². The molecule has 0 radical (unpaired) electrons. The fraction of sp³-hybridized carbons (Fsp3) is 0.458. The molecule has 39 heavy (non-hydrogen) atoms. The van der Waals surface area contributed by atoms with E-state index >= 15 is 0 Å². The molecule has 0 spiro atoms. The molecule has 210 valence electrons. The van der Waals surface area contributed by atoms with Crippen molar-refractivity contribution in [3.05, 3.63) is 42.1 Å². The van der Waals surface area contributed by atoms with E-state index in [2.05, 4.69) is 20.2 Å². The largest absolute Gasteiger partial charge is 0.465 e. The predicted molar refractivity (Wildman–Crippen MR) is 142 cm³/mol. The maximum absolute atomic E-state index is 13.4. The van der Waals surface area contributed by atoms with Gasteiger partial charge >= 0.3 is 13.7 Å². The molecular formula is C24H32N7O7P. The van der Waals surface area contributed by atoms with E-state index < -0.39 is 37.7 Å². The molecule has 2 fully saturated rings. The van der Waals surface area contributed by atoms with Gasteiger partial charge in [0.25, 0.3) is 5.91 Å². The highest BCUT2D eigenvalue weighted by Gasteiger charge is 2.35. The molecule has 4 rings (SSSR count). The predicted octanol–water partition coefficient (Wildman–Crippen LogP) is -0.00630. The molecule has 0 unspecified atom stereocenters. The summed E-state index contributed by atoms with van der Waals surface area (Å²) in [5.41, 5.74) is 0.638. The number of anilines is 1. The minimum atomic E-state index is -4.71. The number of likely N-dealkylation sites (N-methyl/N-ethyl adjacent to an activating group) is 1. The van der Waals surface area contributed by atoms with Crippen molar-refractivity contribution in [1.29, 1.82) is 0 Å². The van der Waals surface area contributed by atoms with Crippen molar-refractivity contribution in [3.63, 3.8) is 0 Å². The van der Waals surface area contributed by atoms with Crippen LogP contribution in [0.2, 0.25) is 0 Å². The number of aromatic nitrogens is 2. The zero-order valence-electron chi connectivity index (χ0n) is 21.5. The molecule has 3 amide bonds. The first-order valence-corrected chi connectivity index (χ1v) is 14.3. The Bertz CT molecular complexity index is 1240. The maximum atomic E-state index is 13.4. The number of amides is 3. The van der Waals surface area contributed by atoms with Crippen LogP contribution < -0.4 is 10.2 Å². The second-order valence-electron chi connectivity index (χ2n) is 9.56. The van der Waals surface area contributed by atoms with Crippen LogP contribution in [-0.4, -0.2) is 129 Å². The van der Waals surface area contributed by atoms with Crippen molar-refractivity contribution >= 4 is 31.3 Å². The van der Waals surface area contributed by atoms with Crippen molar-refractivity contribution < 1.29 is 33.8 Å². The lowest BCUT2D eigenvalue weighted by atomic mass is 10.2. The number of hydrogen-bond donors (Lipinski definition) is 4. The second kappa shape index (κ2) is 12.1. The van der Waals surface area contributed by atoms with E-state index in [0.717, 1.165) is 18.0 Å². The van der Waals surface area contributed by atoms with E-state index in [1.807, 2.05) is 42.3 Å². The van der Waals surface area contributed by atoms with Gasteiger partial charge in [-0.2, -0.15) is 0 Å². The first kappa shape index (κ1) is 28.4. The smallest absolute Gasteiger partial charge is 0.407 e. The molecular weight excluding hydrogens is 529 g/mol. The Kier molecular flexibility index (Phi) is 8.80. The highest BCUT2D eigenvalue weighted by Crippen LogP contribution is 2.35. The van der Waals surface area contributed by atoms with Gasteiger partial charge in [0.2, 0.25) is 5.91 Å². The van der Waals surface area contributed by atoms with Crippen LogP contribution in [0.3, 0.4) is 0 Å². The standard InChI is InChI=1S/C24H32N7O7P/c1-28-7-9-29(10-8-28)20-15-18(25-21(27-20)17-5-3-2-4-6-17)22(32)26-19(16-39(36,37)38)23(33)30-11-13-31(14-12-30)24(34)35/h2-6,15,19H,7-14,16H2,1H3,(H,26,32)(H,34,35)(H2,36,37,38)/t19-/m0/s1. The Hall–Kier alpha value is -3.58. The van der Waals surface area contributed by atoms with Crippen molar-refractivity contribution in [2.24, 2.45) is 0 Å². The number of nitrogens with zero attached hydrogens (tertiary/aromatic N) is 6. The Labute approximate surface area is 225 Å². The molecule has 4 N–H and O–H groups in total. The summed E-state index contributed by atoms with van der Waals surface area (Å²) >= 11 is 0. The molecule has 15 heteroatoms. The topological polar surface area (TPSA) is 180 Å². The van der Waals surface area contributed by atoms with Gasteiger partial charge in [-0.15, -0.1) is 0 Å². The van der Waals surface area contributed by atoms with Crippen LogP contribution in [0, 0.1) is 0 Å². The van der Waals surface area contributed by atoms with Crippen LogP contribution >= 0.6 is 7.60 Å². The summed E-state index contributed by atoms with van der Waals surface area (Å²) in [6, 6.07) is 9.08. The third-order valence-electron chi connectivity index (χ3n) is 6.69. The molecule has 2 saturated heterocycles. The van der Waals surface area contributed by atoms with Crippen LogP contribution in [0.25, 0.3) is 11.4 Å². The van der Waals surface area contributed by atoms with Gasteiger partial charge in [0.05, 0.1) is 6.16 Å². The van der Waals surface area contributed by atoms with Gasteiger partial charge in [-0.05, 0) is 7.05 Å². The van der Waals surface area contributed by atoms with Crippen LogP contribution in [0.1, 0.15) is 10.5 Å². The normalized spacial score (nSPS) is 17.6. The second-order valence-corrected chi connectivity index (χ2v) is 11.3. The first-order chi connectivity index (χ1) is 18.5. The average molecular weight is 562 g/mol. The lowest BCUT2D eigenvalue weighted by Crippen LogP contribution is -2.56. The summed E-state index contributed by atoms with van der Waals surface area (Å²) in [5, 5.41) is 11.6. The number of nitrogens with one attached hydrogen (secondary N) is 1. The lowest BCUT2D eigenvalue weighted by Gasteiger charge is -2.35. The molecule has 3 heterocycles. The monoisotopic (exact) mass is 561 g/mol. The summed E-state index contributed by atoms with van der Waals surface area (Å²) in [6.07, 6.45) is -2.02. The quantitative estimate of drug-likeness (QED) is 0.334. The highest BCUT2D eigenvalue weighted by molar-refractivity contribution is 7.51. The van der Waals surface area contributed by atoms with Crippen molar-refractivity contribution in [2.45, 2.75) is 6.04 Å². The minimum absolute atomic E-state index is 0.0396. The molecule has 0 aliphatic carbocycles. The average Bonchev–Trinajstić information content (AvgIpc) is 2.92. The third kappa shape index (κ3) is 7.51. The fourth-order valence-corrected chi connectivity index (χ4v) is 5.18.